The third-order valence-electron chi connectivity index (χ3n) is 11.5. The van der Waals surface area contributed by atoms with Crippen molar-refractivity contribution in [2.75, 3.05) is 28.3 Å². The number of aliphatic hydroxyl groups is 5. The Morgan fingerprint density at radius 1 is 0.922 bits per heavy atom. The van der Waals surface area contributed by atoms with E-state index >= 15 is 0 Å². The molecule has 5 unspecified atom stereocenters. The number of hydrogen-bond acceptors (Lipinski definition) is 15. The highest BCUT2D eigenvalue weighted by Gasteiger charge is 2.59. The van der Waals surface area contributed by atoms with Crippen molar-refractivity contribution in [1.29, 1.82) is 0 Å². The Bertz CT molecular complexity index is 1790. The second-order valence-corrected chi connectivity index (χ2v) is 15.1. The number of carbonyl (C=O) groups is 2. The monoisotopic (exact) mass is 715 g/mol. The van der Waals surface area contributed by atoms with Gasteiger partial charge in [-0.15, -0.1) is 0 Å². The standard InChI is InChI=1S/C36H45NO14/c1-13-28(42)35(3,45)31(47-8)33(48-13)50-27-18-14(12-34(2,44)30(27)46-7)11-16-19(23(18)39)24(40)20-15(22(16)38)9-10-17-26(20)49-32-25(41)21(37(5)6)29(43)36(17,4)51-32/h9-11,13,21,25,27-33,39,41-45H,12H2,1-8H3/t13?,21-,25-,27+,28?,29-,30+,31?,32-,33?,34+,35?,36-/m0/s1. The molecule has 15 heteroatoms. The van der Waals surface area contributed by atoms with Crippen molar-refractivity contribution < 1.29 is 68.6 Å². The zero-order chi connectivity index (χ0) is 37.3. The molecule has 7 rings (SSSR count). The van der Waals surface area contributed by atoms with Crippen LogP contribution in [0.1, 0.15) is 82.3 Å². The number of methoxy groups -OCH3 is 2. The maximum Gasteiger partial charge on any atom is 0.228 e. The van der Waals surface area contributed by atoms with Gasteiger partial charge in [-0.3, -0.25) is 9.59 Å². The van der Waals surface area contributed by atoms with E-state index in [0.717, 1.165) is 0 Å². The highest BCUT2D eigenvalue weighted by atomic mass is 16.7. The van der Waals surface area contributed by atoms with E-state index in [9.17, 15) is 40.2 Å². The summed E-state index contributed by atoms with van der Waals surface area (Å²) in [6.45, 7) is 6.03. The quantitative estimate of drug-likeness (QED) is 0.206. The predicted octanol–water partition coefficient (Wildman–Crippen LogP) is 0.0350. The van der Waals surface area contributed by atoms with E-state index in [1.54, 1.807) is 32.0 Å². The molecule has 51 heavy (non-hydrogen) atoms. The molecule has 2 bridgehead atoms. The third kappa shape index (κ3) is 4.98. The minimum Gasteiger partial charge on any atom is -0.507 e. The van der Waals surface area contributed by atoms with E-state index in [-0.39, 0.29) is 45.6 Å². The molecule has 5 aliphatic rings. The van der Waals surface area contributed by atoms with Gasteiger partial charge in [-0.1, -0.05) is 6.07 Å². The largest absolute Gasteiger partial charge is 0.507 e. The van der Waals surface area contributed by atoms with Crippen molar-refractivity contribution in [1.82, 2.24) is 4.90 Å². The molecule has 2 aromatic carbocycles. The number of phenols is 1. The number of aromatic hydroxyl groups is 1. The average Bonchev–Trinajstić information content (AvgIpc) is 3.04. The Morgan fingerprint density at radius 2 is 1.59 bits per heavy atom. The lowest BCUT2D eigenvalue weighted by Crippen LogP contribution is -2.68. The van der Waals surface area contributed by atoms with Gasteiger partial charge in [-0.05, 0) is 59.5 Å². The number of aliphatic hydroxyl groups excluding tert-OH is 3. The molecule has 15 nitrogen and oxygen atoms in total. The Labute approximate surface area is 294 Å². The average molecular weight is 716 g/mol. The molecule has 2 saturated heterocycles. The number of rotatable bonds is 5. The summed E-state index contributed by atoms with van der Waals surface area (Å²) in [4.78, 5) is 30.5. The van der Waals surface area contributed by atoms with Crippen molar-refractivity contribution in [3.05, 3.63) is 57.1 Å². The van der Waals surface area contributed by atoms with Crippen LogP contribution >= 0.6 is 0 Å². The van der Waals surface area contributed by atoms with Gasteiger partial charge in [0.15, 0.2) is 12.1 Å². The maximum absolute atomic E-state index is 14.6. The summed E-state index contributed by atoms with van der Waals surface area (Å²) in [7, 11) is 6.04. The summed E-state index contributed by atoms with van der Waals surface area (Å²) in [5.74, 6) is -2.01. The number of phenolic OH excluding ortho intramolecular Hbond substituents is 1. The molecule has 278 valence electrons. The van der Waals surface area contributed by atoms with Crippen LogP contribution in [0.2, 0.25) is 0 Å². The van der Waals surface area contributed by atoms with Crippen LogP contribution in [-0.4, -0.2) is 142 Å². The predicted molar refractivity (Wildman–Crippen MR) is 174 cm³/mol. The molecule has 3 aliphatic heterocycles. The Morgan fingerprint density at radius 3 is 2.22 bits per heavy atom. The molecule has 13 atom stereocenters. The van der Waals surface area contributed by atoms with Crippen LogP contribution in [0.25, 0.3) is 0 Å². The summed E-state index contributed by atoms with van der Waals surface area (Å²) < 4.78 is 35.7. The van der Waals surface area contributed by atoms with Gasteiger partial charge >= 0.3 is 0 Å². The zero-order valence-corrected chi connectivity index (χ0v) is 29.6. The van der Waals surface area contributed by atoms with Crippen LogP contribution in [0.3, 0.4) is 0 Å². The van der Waals surface area contributed by atoms with E-state index in [2.05, 4.69) is 0 Å². The second-order valence-electron chi connectivity index (χ2n) is 15.1. The van der Waals surface area contributed by atoms with E-state index < -0.39 is 95.5 Å². The zero-order valence-electron chi connectivity index (χ0n) is 29.6. The summed E-state index contributed by atoms with van der Waals surface area (Å²) in [5.41, 5.74) is -4.90. The molecule has 2 aromatic rings. The van der Waals surface area contributed by atoms with E-state index in [1.807, 2.05) is 0 Å². The van der Waals surface area contributed by atoms with Gasteiger partial charge < -0.3 is 64.0 Å². The number of benzene rings is 2. The van der Waals surface area contributed by atoms with Crippen LogP contribution in [0.15, 0.2) is 18.2 Å². The van der Waals surface area contributed by atoms with Crippen molar-refractivity contribution in [3.63, 3.8) is 0 Å². The number of carbonyl (C=O) groups excluding carboxylic acids is 2. The van der Waals surface area contributed by atoms with Gasteiger partial charge in [0.05, 0.1) is 28.9 Å². The summed E-state index contributed by atoms with van der Waals surface area (Å²) >= 11 is 0. The fourth-order valence-corrected chi connectivity index (χ4v) is 8.82. The fourth-order valence-electron chi connectivity index (χ4n) is 8.82. The summed E-state index contributed by atoms with van der Waals surface area (Å²) in [6, 6.07) is 3.66. The Hall–Kier alpha value is -3.06. The first kappa shape index (κ1) is 36.3. The first-order chi connectivity index (χ1) is 23.8. The molecule has 0 saturated carbocycles. The molecule has 2 aliphatic carbocycles. The number of hydrogen-bond donors (Lipinski definition) is 6. The molecule has 6 N–H and O–H groups in total. The van der Waals surface area contributed by atoms with Crippen LogP contribution in [-0.2, 0) is 35.7 Å². The molecule has 0 amide bonds. The minimum atomic E-state index is -1.84. The lowest BCUT2D eigenvalue weighted by molar-refractivity contribution is -0.345. The molecular formula is C36H45NO14. The number of likely N-dealkylation sites (N-methyl/N-ethyl adjacent to an activating group) is 1. The molecule has 0 aromatic heterocycles. The summed E-state index contributed by atoms with van der Waals surface area (Å²) in [5, 5.41) is 68.2. The van der Waals surface area contributed by atoms with E-state index in [1.165, 1.54) is 47.1 Å². The van der Waals surface area contributed by atoms with Crippen molar-refractivity contribution in [2.45, 2.75) is 112 Å². The van der Waals surface area contributed by atoms with E-state index in [4.69, 9.17) is 28.4 Å². The van der Waals surface area contributed by atoms with E-state index in [0.29, 0.717) is 5.56 Å². The summed E-state index contributed by atoms with van der Waals surface area (Å²) in [6.07, 6.45) is -11.4. The number of ketones is 2. The Kier molecular flexibility index (Phi) is 8.53. The SMILES string of the molecule is COC1C(O[C@@H]2c3c(cc4c(c3O)C(=O)c3c(ccc5c3O[C@H]3O[C@]5(C)[C@@H](O)[C@@H](N(C)C)[C@@H]3O)C4=O)C[C@@](C)(O)[C@@H]2OC)OC(C)C(O)C1(C)O. The van der Waals surface area contributed by atoms with Crippen molar-refractivity contribution in [3.8, 4) is 11.5 Å². The molecule has 0 spiro atoms. The number of nitrogens with zero attached hydrogens (tertiary/aromatic N) is 1. The van der Waals surface area contributed by atoms with Gasteiger partial charge in [-0.25, -0.2) is 0 Å². The van der Waals surface area contributed by atoms with Gasteiger partial charge in [0.1, 0.15) is 59.3 Å². The van der Waals surface area contributed by atoms with Gasteiger partial charge in [-0.2, -0.15) is 0 Å². The van der Waals surface area contributed by atoms with Crippen molar-refractivity contribution in [2.24, 2.45) is 0 Å². The normalized spacial score (nSPS) is 41.4. The lowest BCUT2D eigenvalue weighted by atomic mass is 9.71. The van der Waals surface area contributed by atoms with Gasteiger partial charge in [0.2, 0.25) is 12.1 Å². The smallest absolute Gasteiger partial charge is 0.228 e. The van der Waals surface area contributed by atoms with Gasteiger partial charge in [0.25, 0.3) is 0 Å². The first-order valence-corrected chi connectivity index (χ1v) is 16.8. The molecule has 0 radical (unpaired) electrons. The van der Waals surface area contributed by atoms with Crippen LogP contribution in [0, 0.1) is 0 Å². The molecule has 2 fully saturated rings. The van der Waals surface area contributed by atoms with Crippen LogP contribution in [0.5, 0.6) is 11.5 Å². The molecular weight excluding hydrogens is 670 g/mol. The highest BCUT2D eigenvalue weighted by Crippen LogP contribution is 2.53. The number of fused-ring (bicyclic) bond motifs is 8. The Balaban J connectivity index is 1.37. The maximum atomic E-state index is 14.6. The third-order valence-corrected chi connectivity index (χ3v) is 11.5. The van der Waals surface area contributed by atoms with Gasteiger partial charge in [0, 0.05) is 42.9 Å². The minimum absolute atomic E-state index is 0.0132. The second kappa shape index (κ2) is 12.0. The number of ether oxygens (including phenoxy) is 6. The lowest BCUT2D eigenvalue weighted by Gasteiger charge is -2.53. The highest BCUT2D eigenvalue weighted by molar-refractivity contribution is 6.30. The van der Waals surface area contributed by atoms with Crippen molar-refractivity contribution >= 4 is 11.6 Å². The topological polar surface area (TPSA) is 214 Å². The van der Waals surface area contributed by atoms with Crippen LogP contribution < -0.4 is 4.74 Å². The first-order valence-electron chi connectivity index (χ1n) is 16.8. The van der Waals surface area contributed by atoms with Crippen LogP contribution in [0.4, 0.5) is 0 Å². The fraction of sp³-hybridized carbons (Fsp3) is 0.611. The molecule has 3 heterocycles.